The lowest BCUT2D eigenvalue weighted by Crippen LogP contribution is -2.52. The number of benzene rings is 3. The molecule has 0 aliphatic carbocycles. The Kier molecular flexibility index (Phi) is 12.4. The van der Waals surface area contributed by atoms with Crippen LogP contribution in [0, 0.1) is 0 Å². The van der Waals surface area contributed by atoms with Crippen LogP contribution in [0.1, 0.15) is 39.2 Å². The highest BCUT2D eigenvalue weighted by Gasteiger charge is 2.35. The van der Waals surface area contributed by atoms with Crippen LogP contribution in [0.2, 0.25) is 15.1 Å². The molecule has 0 saturated heterocycles. The smallest absolute Gasteiger partial charge is 0.264 e. The minimum absolute atomic E-state index is 0.0700. The van der Waals surface area contributed by atoms with Crippen molar-refractivity contribution >= 4 is 62.3 Å². The predicted octanol–water partition coefficient (Wildman–Crippen LogP) is 6.57. The van der Waals surface area contributed by atoms with E-state index in [9.17, 15) is 18.0 Å². The van der Waals surface area contributed by atoms with Crippen molar-refractivity contribution in [2.45, 2.75) is 51.1 Å². The van der Waals surface area contributed by atoms with Crippen molar-refractivity contribution in [1.82, 2.24) is 10.2 Å². The molecule has 0 heterocycles. The largest absolute Gasteiger partial charge is 0.492 e. The quantitative estimate of drug-likeness (QED) is 0.212. The third-order valence-electron chi connectivity index (χ3n) is 6.44. The van der Waals surface area contributed by atoms with Crippen molar-refractivity contribution in [3.8, 4) is 5.75 Å². The number of sulfonamides is 1. The van der Waals surface area contributed by atoms with E-state index in [0.717, 1.165) is 4.31 Å². The number of nitrogens with zero attached hydrogens (tertiary/aromatic N) is 2. The number of anilines is 1. The molecule has 0 radical (unpaired) electrons. The van der Waals surface area contributed by atoms with Crippen LogP contribution in [0.4, 0.5) is 5.69 Å². The van der Waals surface area contributed by atoms with Crippen LogP contribution in [0.25, 0.3) is 0 Å². The number of ether oxygens (including phenoxy) is 1. The van der Waals surface area contributed by atoms with Gasteiger partial charge in [-0.3, -0.25) is 13.9 Å². The number of nitrogens with one attached hydrogen (secondary N) is 1. The molecule has 226 valence electrons. The van der Waals surface area contributed by atoms with Crippen LogP contribution < -0.4 is 14.4 Å². The van der Waals surface area contributed by atoms with Gasteiger partial charge in [-0.1, -0.05) is 66.8 Å². The van der Waals surface area contributed by atoms with Crippen molar-refractivity contribution in [2.24, 2.45) is 0 Å². The summed E-state index contributed by atoms with van der Waals surface area (Å²) in [4.78, 5) is 28.7. The fourth-order valence-corrected chi connectivity index (χ4v) is 6.39. The van der Waals surface area contributed by atoms with Crippen molar-refractivity contribution in [3.05, 3.63) is 87.4 Å². The third-order valence-corrected chi connectivity index (χ3v) is 9.17. The van der Waals surface area contributed by atoms with E-state index >= 15 is 0 Å². The average molecular weight is 655 g/mol. The normalized spacial score (nSPS) is 12.0. The minimum Gasteiger partial charge on any atom is -0.492 e. The van der Waals surface area contributed by atoms with E-state index in [0.29, 0.717) is 33.6 Å². The van der Waals surface area contributed by atoms with Gasteiger partial charge in [-0.05, 0) is 68.3 Å². The van der Waals surface area contributed by atoms with Gasteiger partial charge in [-0.25, -0.2) is 8.42 Å². The van der Waals surface area contributed by atoms with E-state index < -0.39 is 28.5 Å². The number of hydrogen-bond donors (Lipinski definition) is 1. The number of para-hydroxylation sites is 2. The monoisotopic (exact) mass is 653 g/mol. The molecule has 0 aliphatic rings. The molecule has 3 aromatic rings. The van der Waals surface area contributed by atoms with Gasteiger partial charge in [0.05, 0.1) is 17.2 Å². The van der Waals surface area contributed by atoms with Crippen LogP contribution in [0.5, 0.6) is 5.75 Å². The van der Waals surface area contributed by atoms with E-state index in [4.69, 9.17) is 39.5 Å². The summed E-state index contributed by atoms with van der Waals surface area (Å²) in [5.41, 5.74) is 0.611. The molecule has 8 nitrogen and oxygen atoms in total. The highest BCUT2D eigenvalue weighted by atomic mass is 35.5. The second-order valence-electron chi connectivity index (χ2n) is 9.30. The number of amides is 2. The average Bonchev–Trinajstić information content (AvgIpc) is 2.96. The zero-order chi connectivity index (χ0) is 30.9. The molecule has 0 aromatic heterocycles. The maximum absolute atomic E-state index is 14.2. The van der Waals surface area contributed by atoms with E-state index in [1.54, 1.807) is 56.3 Å². The Hall–Kier alpha value is -2.98. The minimum atomic E-state index is -4.30. The van der Waals surface area contributed by atoms with Gasteiger partial charge in [-0.15, -0.1) is 0 Å². The van der Waals surface area contributed by atoms with Gasteiger partial charge in [0, 0.05) is 33.7 Å². The van der Waals surface area contributed by atoms with Crippen LogP contribution in [0.15, 0.2) is 71.6 Å². The lowest BCUT2D eigenvalue weighted by atomic mass is 10.1. The van der Waals surface area contributed by atoms with Crippen molar-refractivity contribution in [3.63, 3.8) is 0 Å². The van der Waals surface area contributed by atoms with Crippen LogP contribution >= 0.6 is 34.8 Å². The van der Waals surface area contributed by atoms with Gasteiger partial charge in [0.15, 0.2) is 0 Å². The van der Waals surface area contributed by atoms with E-state index in [-0.39, 0.29) is 41.8 Å². The molecule has 3 aromatic carbocycles. The molecule has 0 fully saturated rings. The van der Waals surface area contributed by atoms with Gasteiger partial charge in [0.1, 0.15) is 18.3 Å². The number of halogens is 3. The summed E-state index contributed by atoms with van der Waals surface area (Å²) in [6, 6.07) is 16.2. The zero-order valence-corrected chi connectivity index (χ0v) is 26.7. The van der Waals surface area contributed by atoms with E-state index in [1.165, 1.54) is 29.2 Å². The Bertz CT molecular complexity index is 1470. The Morgan fingerprint density at radius 2 is 1.55 bits per heavy atom. The molecule has 0 bridgehead atoms. The molecule has 1 N–H and O–H groups in total. The lowest BCUT2D eigenvalue weighted by molar-refractivity contribution is -0.140. The first-order chi connectivity index (χ1) is 20.0. The summed E-state index contributed by atoms with van der Waals surface area (Å²) in [6.45, 7) is 5.41. The first kappa shape index (κ1) is 33.5. The Labute approximate surface area is 262 Å². The first-order valence-electron chi connectivity index (χ1n) is 13.5. The summed E-state index contributed by atoms with van der Waals surface area (Å²) in [5, 5.41) is 3.83. The molecule has 1 atom stereocenters. The van der Waals surface area contributed by atoms with Crippen molar-refractivity contribution in [1.29, 1.82) is 0 Å². The van der Waals surface area contributed by atoms with Crippen molar-refractivity contribution < 1.29 is 22.7 Å². The number of hydrogen-bond acceptors (Lipinski definition) is 5. The van der Waals surface area contributed by atoms with Crippen LogP contribution in [0.3, 0.4) is 0 Å². The summed E-state index contributed by atoms with van der Waals surface area (Å²) in [7, 11) is -4.30. The molecule has 12 heteroatoms. The summed E-state index contributed by atoms with van der Waals surface area (Å²) in [5.74, 6) is -0.718. The fraction of sp³-hybridized carbons (Fsp3) is 0.333. The molecular formula is C30H34Cl3N3O5S. The maximum atomic E-state index is 14.2. The zero-order valence-electron chi connectivity index (χ0n) is 23.6. The van der Waals surface area contributed by atoms with E-state index in [2.05, 4.69) is 5.32 Å². The standard InChI is InChI=1S/C30H34Cl3N3O5S/c1-4-18-34-30(38)26(5-2)35(19-23-24(32)10-9-11-25(23)33)29(37)20-36(27-12-7-8-13-28(27)41-6-3)42(39,40)22-16-14-21(31)15-17-22/h7-17,26H,4-6,18-20H2,1-3H3,(H,34,38)/t26-/m0/s1. The maximum Gasteiger partial charge on any atom is 0.264 e. The molecule has 3 rings (SSSR count). The lowest BCUT2D eigenvalue weighted by Gasteiger charge is -2.34. The van der Waals surface area contributed by atoms with Gasteiger partial charge < -0.3 is 15.0 Å². The van der Waals surface area contributed by atoms with Gasteiger partial charge in [0.2, 0.25) is 11.8 Å². The molecule has 0 aliphatic heterocycles. The van der Waals surface area contributed by atoms with Gasteiger partial charge >= 0.3 is 0 Å². The molecular weight excluding hydrogens is 621 g/mol. The fourth-order valence-electron chi connectivity index (χ4n) is 4.33. The Balaban J connectivity index is 2.14. The number of carbonyl (C=O) groups excluding carboxylic acids is 2. The number of carbonyl (C=O) groups is 2. The molecule has 42 heavy (non-hydrogen) atoms. The summed E-state index contributed by atoms with van der Waals surface area (Å²) in [6.07, 6.45) is 0.969. The second-order valence-corrected chi connectivity index (χ2v) is 12.4. The van der Waals surface area contributed by atoms with Crippen LogP contribution in [-0.4, -0.2) is 50.9 Å². The van der Waals surface area contributed by atoms with E-state index in [1.807, 2.05) is 6.92 Å². The third kappa shape index (κ3) is 8.10. The van der Waals surface area contributed by atoms with Gasteiger partial charge in [-0.2, -0.15) is 0 Å². The highest BCUT2D eigenvalue weighted by Crippen LogP contribution is 2.34. The Morgan fingerprint density at radius 3 is 2.14 bits per heavy atom. The molecule has 0 spiro atoms. The predicted molar refractivity (Wildman–Crippen MR) is 168 cm³/mol. The summed E-state index contributed by atoms with van der Waals surface area (Å²) < 4.78 is 34.9. The summed E-state index contributed by atoms with van der Waals surface area (Å²) >= 11 is 18.9. The molecule has 0 saturated carbocycles. The Morgan fingerprint density at radius 1 is 0.905 bits per heavy atom. The molecule has 0 unspecified atom stereocenters. The first-order valence-corrected chi connectivity index (χ1v) is 16.1. The van der Waals surface area contributed by atoms with Crippen molar-refractivity contribution in [2.75, 3.05) is 24.0 Å². The van der Waals surface area contributed by atoms with Crippen LogP contribution in [-0.2, 0) is 26.2 Å². The number of rotatable bonds is 14. The molecule has 2 amide bonds. The SMILES string of the molecule is CCCNC(=O)[C@H](CC)N(Cc1c(Cl)cccc1Cl)C(=O)CN(c1ccccc1OCC)S(=O)(=O)c1ccc(Cl)cc1. The topological polar surface area (TPSA) is 96.0 Å². The highest BCUT2D eigenvalue weighted by molar-refractivity contribution is 7.92. The second kappa shape index (κ2) is 15.5. The van der Waals surface area contributed by atoms with Gasteiger partial charge in [0.25, 0.3) is 10.0 Å².